The van der Waals surface area contributed by atoms with Crippen LogP contribution in [0.5, 0.6) is 0 Å². The Morgan fingerprint density at radius 1 is 0.793 bits per heavy atom. The highest BCUT2D eigenvalue weighted by Crippen LogP contribution is 2.20. The first-order valence-corrected chi connectivity index (χ1v) is 10.5. The summed E-state index contributed by atoms with van der Waals surface area (Å²) in [7, 11) is 0. The largest absolute Gasteiger partial charge is 0.379 e. The molecule has 2 saturated heterocycles. The van der Waals surface area contributed by atoms with Gasteiger partial charge in [-0.1, -0.05) is 36.4 Å². The van der Waals surface area contributed by atoms with Crippen LogP contribution in [0.4, 0.5) is 11.4 Å². The first-order valence-electron chi connectivity index (χ1n) is 10.5. The molecule has 0 aliphatic carbocycles. The zero-order valence-electron chi connectivity index (χ0n) is 16.9. The minimum absolute atomic E-state index is 0.736. The summed E-state index contributed by atoms with van der Waals surface area (Å²) in [6, 6.07) is 20.8. The number of anilines is 1. The van der Waals surface area contributed by atoms with E-state index in [2.05, 4.69) is 57.2 Å². The molecule has 2 aromatic carbocycles. The lowest BCUT2D eigenvalue weighted by Crippen LogP contribution is -2.51. The Kier molecular flexibility index (Phi) is 7.13. The van der Waals surface area contributed by atoms with Crippen molar-refractivity contribution in [2.24, 2.45) is 4.99 Å². The van der Waals surface area contributed by atoms with Crippen molar-refractivity contribution in [2.75, 3.05) is 70.6 Å². The van der Waals surface area contributed by atoms with Gasteiger partial charge in [-0.15, -0.1) is 0 Å². The summed E-state index contributed by atoms with van der Waals surface area (Å²) < 4.78 is 11.1. The van der Waals surface area contributed by atoms with Crippen LogP contribution in [0.3, 0.4) is 0 Å². The van der Waals surface area contributed by atoms with Gasteiger partial charge in [0.1, 0.15) is 0 Å². The van der Waals surface area contributed by atoms with Gasteiger partial charge in [-0.3, -0.25) is 4.90 Å². The van der Waals surface area contributed by atoms with E-state index in [0.29, 0.717) is 0 Å². The molecule has 154 valence electrons. The van der Waals surface area contributed by atoms with Crippen LogP contribution in [-0.2, 0) is 9.47 Å². The van der Waals surface area contributed by atoms with Crippen LogP contribution < -0.4 is 4.90 Å². The van der Waals surface area contributed by atoms with Crippen molar-refractivity contribution in [3.8, 4) is 0 Å². The van der Waals surface area contributed by atoms with Crippen LogP contribution in [0.1, 0.15) is 0 Å². The van der Waals surface area contributed by atoms with E-state index in [4.69, 9.17) is 14.5 Å². The zero-order chi connectivity index (χ0) is 19.7. The van der Waals surface area contributed by atoms with E-state index in [-0.39, 0.29) is 0 Å². The van der Waals surface area contributed by atoms with Crippen LogP contribution in [-0.4, -0.2) is 81.5 Å². The quantitative estimate of drug-likeness (QED) is 0.576. The third-order valence-corrected chi connectivity index (χ3v) is 5.33. The fraction of sp³-hybridized carbons (Fsp3) is 0.435. The second-order valence-corrected chi connectivity index (χ2v) is 7.29. The molecule has 2 aromatic rings. The van der Waals surface area contributed by atoms with E-state index in [9.17, 15) is 0 Å². The van der Waals surface area contributed by atoms with Gasteiger partial charge < -0.3 is 19.3 Å². The van der Waals surface area contributed by atoms with Crippen molar-refractivity contribution < 1.29 is 9.47 Å². The summed E-state index contributed by atoms with van der Waals surface area (Å²) in [5.41, 5.74) is 2.14. The highest BCUT2D eigenvalue weighted by atomic mass is 16.5. The standard InChI is InChI=1S/C23H30N4O2/c1-3-7-21(8-4-1)24-23(26-15-19-29-20-16-26)27(22-9-5-2-6-10-22)12-11-25-13-17-28-18-14-25/h1-10H,11-20H2. The Bertz CT molecular complexity index is 757. The lowest BCUT2D eigenvalue weighted by Gasteiger charge is -2.38. The number of para-hydroxylation sites is 2. The molecule has 0 bridgehead atoms. The topological polar surface area (TPSA) is 40.5 Å². The van der Waals surface area contributed by atoms with Crippen LogP contribution in [0.25, 0.3) is 0 Å². The van der Waals surface area contributed by atoms with E-state index in [1.807, 2.05) is 18.2 Å². The van der Waals surface area contributed by atoms with Crippen molar-refractivity contribution in [3.63, 3.8) is 0 Å². The summed E-state index contributed by atoms with van der Waals surface area (Å²) in [6.07, 6.45) is 0. The molecular weight excluding hydrogens is 364 g/mol. The molecule has 4 rings (SSSR count). The van der Waals surface area contributed by atoms with E-state index < -0.39 is 0 Å². The Morgan fingerprint density at radius 3 is 2.03 bits per heavy atom. The number of morpholine rings is 2. The third kappa shape index (κ3) is 5.56. The molecule has 2 heterocycles. The van der Waals surface area contributed by atoms with Crippen LogP contribution >= 0.6 is 0 Å². The van der Waals surface area contributed by atoms with Crippen LogP contribution in [0, 0.1) is 0 Å². The number of nitrogens with zero attached hydrogens (tertiary/aromatic N) is 4. The molecule has 2 aliphatic rings. The van der Waals surface area contributed by atoms with E-state index in [1.54, 1.807) is 0 Å². The lowest BCUT2D eigenvalue weighted by molar-refractivity contribution is 0.0392. The summed E-state index contributed by atoms with van der Waals surface area (Å²) in [4.78, 5) is 12.3. The molecule has 0 N–H and O–H groups in total. The Balaban J connectivity index is 1.63. The van der Waals surface area contributed by atoms with E-state index in [1.165, 1.54) is 5.69 Å². The van der Waals surface area contributed by atoms with E-state index in [0.717, 1.165) is 77.3 Å². The molecular formula is C23H30N4O2. The molecule has 29 heavy (non-hydrogen) atoms. The van der Waals surface area contributed by atoms with Crippen molar-refractivity contribution in [1.29, 1.82) is 0 Å². The monoisotopic (exact) mass is 394 g/mol. The summed E-state index contributed by atoms with van der Waals surface area (Å²) in [5, 5.41) is 0. The molecule has 0 atom stereocenters. The van der Waals surface area contributed by atoms with Crippen molar-refractivity contribution in [3.05, 3.63) is 60.7 Å². The number of hydrogen-bond acceptors (Lipinski definition) is 4. The van der Waals surface area contributed by atoms with Gasteiger partial charge in [0.25, 0.3) is 0 Å². The molecule has 0 unspecified atom stereocenters. The highest BCUT2D eigenvalue weighted by molar-refractivity contribution is 5.97. The summed E-state index contributed by atoms with van der Waals surface area (Å²) in [5.74, 6) is 0.999. The molecule has 0 saturated carbocycles. The molecule has 0 radical (unpaired) electrons. The normalized spacial score (nSPS) is 18.6. The van der Waals surface area contributed by atoms with Gasteiger partial charge in [0.15, 0.2) is 0 Å². The second kappa shape index (κ2) is 10.4. The first-order chi connectivity index (χ1) is 14.4. The summed E-state index contributed by atoms with van der Waals surface area (Å²) >= 11 is 0. The molecule has 6 heteroatoms. The molecule has 0 amide bonds. The van der Waals surface area contributed by atoms with Gasteiger partial charge in [-0.05, 0) is 24.3 Å². The van der Waals surface area contributed by atoms with Gasteiger partial charge in [0.2, 0.25) is 5.96 Å². The number of ether oxygens (including phenoxy) is 2. The average Bonchev–Trinajstić information content (AvgIpc) is 2.81. The molecule has 2 aliphatic heterocycles. The minimum atomic E-state index is 0.736. The maximum atomic E-state index is 5.60. The lowest BCUT2D eigenvalue weighted by atomic mass is 10.2. The summed E-state index contributed by atoms with van der Waals surface area (Å²) in [6.45, 7) is 8.67. The maximum absolute atomic E-state index is 5.60. The Labute approximate surface area is 173 Å². The number of guanidine groups is 1. The first kappa shape index (κ1) is 19.9. The molecule has 2 fully saturated rings. The fourth-order valence-electron chi connectivity index (χ4n) is 3.70. The predicted molar refractivity (Wildman–Crippen MR) is 117 cm³/mol. The molecule has 6 nitrogen and oxygen atoms in total. The predicted octanol–water partition coefficient (Wildman–Crippen LogP) is 2.85. The van der Waals surface area contributed by atoms with Gasteiger partial charge in [0, 0.05) is 45.0 Å². The fourth-order valence-corrected chi connectivity index (χ4v) is 3.70. The number of rotatable bonds is 5. The van der Waals surface area contributed by atoms with Crippen LogP contribution in [0.15, 0.2) is 65.7 Å². The highest BCUT2D eigenvalue weighted by Gasteiger charge is 2.23. The Morgan fingerprint density at radius 2 is 1.38 bits per heavy atom. The van der Waals surface area contributed by atoms with E-state index >= 15 is 0 Å². The van der Waals surface area contributed by atoms with Gasteiger partial charge >= 0.3 is 0 Å². The minimum Gasteiger partial charge on any atom is -0.379 e. The van der Waals surface area contributed by atoms with Crippen molar-refractivity contribution in [2.45, 2.75) is 0 Å². The number of aliphatic imine (C=N–C) groups is 1. The van der Waals surface area contributed by atoms with Crippen molar-refractivity contribution in [1.82, 2.24) is 9.80 Å². The molecule has 0 spiro atoms. The van der Waals surface area contributed by atoms with Gasteiger partial charge in [0.05, 0.1) is 32.1 Å². The van der Waals surface area contributed by atoms with Gasteiger partial charge in [-0.25, -0.2) is 4.99 Å². The average molecular weight is 395 g/mol. The van der Waals surface area contributed by atoms with Crippen molar-refractivity contribution >= 4 is 17.3 Å². The van der Waals surface area contributed by atoms with Crippen LogP contribution in [0.2, 0.25) is 0 Å². The number of hydrogen-bond donors (Lipinski definition) is 0. The SMILES string of the molecule is c1ccc(N=C(N2CCOCC2)N(CCN2CCOCC2)c2ccccc2)cc1. The zero-order valence-corrected chi connectivity index (χ0v) is 16.9. The maximum Gasteiger partial charge on any atom is 0.206 e. The third-order valence-electron chi connectivity index (χ3n) is 5.33. The number of benzene rings is 2. The molecule has 0 aromatic heterocycles. The smallest absolute Gasteiger partial charge is 0.206 e. The Hall–Kier alpha value is -2.41. The van der Waals surface area contributed by atoms with Gasteiger partial charge in [-0.2, -0.15) is 0 Å². The second-order valence-electron chi connectivity index (χ2n) is 7.29.